The maximum atomic E-state index is 12.3. The van der Waals surface area contributed by atoms with Gasteiger partial charge in [0.25, 0.3) is 5.56 Å². The van der Waals surface area contributed by atoms with E-state index in [9.17, 15) is 9.59 Å². The molecule has 1 aliphatic carbocycles. The molecule has 0 amide bonds. The van der Waals surface area contributed by atoms with Crippen LogP contribution in [0.3, 0.4) is 0 Å². The first-order valence-corrected chi connectivity index (χ1v) is 11.4. The van der Waals surface area contributed by atoms with Gasteiger partial charge in [-0.05, 0) is 37.9 Å². The number of rotatable bonds is 5. The minimum atomic E-state index is -0.339. The van der Waals surface area contributed by atoms with Crippen LogP contribution in [0.1, 0.15) is 43.4 Å². The van der Waals surface area contributed by atoms with Crippen molar-refractivity contribution in [2.75, 3.05) is 0 Å². The van der Waals surface area contributed by atoms with Crippen molar-refractivity contribution in [3.05, 3.63) is 43.3 Å². The van der Waals surface area contributed by atoms with Gasteiger partial charge in [0.15, 0.2) is 0 Å². The van der Waals surface area contributed by atoms with Crippen molar-refractivity contribution < 1.29 is 0 Å². The first-order valence-electron chi connectivity index (χ1n) is 9.34. The lowest BCUT2D eigenvalue weighted by molar-refractivity contribution is 0.275. The van der Waals surface area contributed by atoms with Gasteiger partial charge in [0, 0.05) is 31.5 Å². The largest absolute Gasteiger partial charge is 0.332 e. The van der Waals surface area contributed by atoms with Crippen LogP contribution in [0, 0.1) is 18.8 Å². The molecule has 1 saturated carbocycles. The highest BCUT2D eigenvalue weighted by molar-refractivity contribution is 8.13. The van der Waals surface area contributed by atoms with Gasteiger partial charge >= 0.3 is 5.69 Å². The lowest BCUT2D eigenvalue weighted by Gasteiger charge is -2.34. The lowest BCUT2D eigenvalue weighted by atomic mass is 9.75. The van der Waals surface area contributed by atoms with E-state index >= 15 is 0 Å². The molecule has 146 valence electrons. The molecule has 2 aromatic heterocycles. The molecule has 0 N–H and O–H groups in total. The summed E-state index contributed by atoms with van der Waals surface area (Å²) in [4.78, 5) is 34.2. The molecule has 3 atom stereocenters. The summed E-state index contributed by atoms with van der Waals surface area (Å²) >= 11 is 1.72. The van der Waals surface area contributed by atoms with Crippen LogP contribution in [-0.4, -0.2) is 19.2 Å². The molecule has 1 aliphatic rings. The fraction of sp³-hybridized carbons (Fsp3) is 0.579. The average molecular weight is 406 g/mol. The zero-order chi connectivity index (χ0) is 19.7. The first-order chi connectivity index (χ1) is 12.8. The molecule has 0 saturated heterocycles. The number of aromatic nitrogens is 3. The van der Waals surface area contributed by atoms with E-state index in [0.717, 1.165) is 28.2 Å². The van der Waals surface area contributed by atoms with E-state index in [1.165, 1.54) is 29.2 Å². The van der Waals surface area contributed by atoms with Gasteiger partial charge in [0.1, 0.15) is 5.82 Å². The Morgan fingerprint density at radius 2 is 2.07 bits per heavy atom. The molecule has 0 radical (unpaired) electrons. The Balaban J connectivity index is 1.96. The monoisotopic (exact) mass is 406 g/mol. The molecule has 0 bridgehead atoms. The Labute approximate surface area is 165 Å². The third-order valence-electron chi connectivity index (χ3n) is 5.41. The summed E-state index contributed by atoms with van der Waals surface area (Å²) in [7, 11) is 3.84. The molecule has 0 spiro atoms. The summed E-state index contributed by atoms with van der Waals surface area (Å²) < 4.78 is 2.62. The molecular weight excluding hydrogens is 379 g/mol. The predicted molar refractivity (Wildman–Crippen MR) is 115 cm³/mol. The number of aryl methyl sites for hydroxylation is 1. The quantitative estimate of drug-likeness (QED) is 0.564. The third-order valence-corrected chi connectivity index (χ3v) is 7.87. The van der Waals surface area contributed by atoms with Crippen molar-refractivity contribution in [2.45, 2.75) is 45.8 Å². The minimum absolute atomic E-state index is 0.277. The van der Waals surface area contributed by atoms with Crippen LogP contribution in [0.25, 0.3) is 0 Å². The van der Waals surface area contributed by atoms with E-state index in [1.807, 2.05) is 0 Å². The average Bonchev–Trinajstić information content (AvgIpc) is 3.12. The van der Waals surface area contributed by atoms with Gasteiger partial charge in [0.2, 0.25) is 0 Å². The third kappa shape index (κ3) is 3.99. The summed E-state index contributed by atoms with van der Waals surface area (Å²) in [5, 5.41) is 1.03. The topological polar surface area (TPSA) is 69.2 Å². The summed E-state index contributed by atoms with van der Waals surface area (Å²) in [5.41, 5.74) is 2.27. The number of hydrogen-bond donors (Lipinski definition) is 0. The Bertz CT molecular complexity index is 951. The molecule has 3 unspecified atom stereocenters. The van der Waals surface area contributed by atoms with Crippen LogP contribution in [0.4, 0.5) is 5.82 Å². The molecule has 6 nitrogen and oxygen atoms in total. The van der Waals surface area contributed by atoms with Gasteiger partial charge in [0.05, 0.1) is 16.0 Å². The highest BCUT2D eigenvalue weighted by Crippen LogP contribution is 2.40. The van der Waals surface area contributed by atoms with Gasteiger partial charge in [-0.1, -0.05) is 13.8 Å². The zero-order valence-electron chi connectivity index (χ0n) is 16.6. The lowest BCUT2D eigenvalue weighted by Crippen LogP contribution is -2.38. The second kappa shape index (κ2) is 8.19. The first kappa shape index (κ1) is 20.2. The molecule has 27 heavy (non-hydrogen) atoms. The number of aliphatic imine (C=N–C) groups is 1. The Morgan fingerprint density at radius 3 is 2.63 bits per heavy atom. The van der Waals surface area contributed by atoms with Crippen LogP contribution >= 0.6 is 20.0 Å². The summed E-state index contributed by atoms with van der Waals surface area (Å²) in [5.74, 6) is 4.49. The van der Waals surface area contributed by atoms with E-state index in [1.54, 1.807) is 25.7 Å². The van der Waals surface area contributed by atoms with E-state index in [2.05, 4.69) is 24.6 Å². The van der Waals surface area contributed by atoms with Crippen molar-refractivity contribution in [1.82, 2.24) is 14.1 Å². The van der Waals surface area contributed by atoms with Crippen LogP contribution in [-0.2, 0) is 26.3 Å². The fourth-order valence-electron chi connectivity index (χ4n) is 3.32. The molecule has 2 aromatic rings. The normalized spacial score (nSPS) is 20.3. The Morgan fingerprint density at radius 1 is 1.33 bits per heavy atom. The zero-order valence-corrected chi connectivity index (χ0v) is 18.4. The molecule has 0 aliphatic heterocycles. The van der Waals surface area contributed by atoms with Crippen molar-refractivity contribution in [1.29, 1.82) is 0 Å². The van der Waals surface area contributed by atoms with Gasteiger partial charge in [-0.2, -0.15) is 0 Å². The number of nitrogens with zero attached hydrogens (tertiary/aromatic N) is 4. The highest BCUT2D eigenvalue weighted by Gasteiger charge is 2.32. The van der Waals surface area contributed by atoms with Crippen LogP contribution < -0.4 is 11.2 Å². The second-order valence-corrected chi connectivity index (χ2v) is 9.40. The summed E-state index contributed by atoms with van der Waals surface area (Å²) in [6.45, 7) is 6.11. The van der Waals surface area contributed by atoms with Gasteiger partial charge in [-0.25, -0.2) is 9.79 Å². The van der Waals surface area contributed by atoms with Crippen molar-refractivity contribution >= 4 is 30.8 Å². The highest BCUT2D eigenvalue weighted by atomic mass is 32.2. The maximum absolute atomic E-state index is 12.3. The van der Waals surface area contributed by atoms with Crippen molar-refractivity contribution in [3.8, 4) is 0 Å². The van der Waals surface area contributed by atoms with E-state index in [4.69, 9.17) is 4.99 Å². The number of thioether (sulfide) groups is 1. The van der Waals surface area contributed by atoms with Crippen LogP contribution in [0.5, 0.6) is 0 Å². The molecule has 0 aromatic carbocycles. The Kier molecular flexibility index (Phi) is 6.11. The molecule has 1 fully saturated rings. The smallest absolute Gasteiger partial charge is 0.281 e. The van der Waals surface area contributed by atoms with Crippen LogP contribution in [0.15, 0.2) is 20.4 Å². The van der Waals surface area contributed by atoms with E-state index in [-0.39, 0.29) is 11.2 Å². The minimum Gasteiger partial charge on any atom is -0.281 e. The van der Waals surface area contributed by atoms with E-state index < -0.39 is 0 Å². The van der Waals surface area contributed by atoms with E-state index in [0.29, 0.717) is 31.4 Å². The van der Waals surface area contributed by atoms with Crippen LogP contribution in [0.2, 0.25) is 0 Å². The molecule has 8 heteroatoms. The standard InChI is InChI=1S/C19H27N4O2PS/c1-6-13-9-26-15(20-13)10-27-17(14-8-7-11(14)2)21-16-12(3)18(24)23(5)19(25)22(16)4/h9,11,14,26H,6-8,10H2,1-5H3/b21-17+. The van der Waals surface area contributed by atoms with Gasteiger partial charge < -0.3 is 0 Å². The van der Waals surface area contributed by atoms with Crippen molar-refractivity contribution in [3.63, 3.8) is 0 Å². The summed E-state index contributed by atoms with van der Waals surface area (Å²) in [6, 6.07) is 0. The van der Waals surface area contributed by atoms with Gasteiger partial charge in [-0.3, -0.25) is 18.9 Å². The summed E-state index contributed by atoms with van der Waals surface area (Å²) in [6.07, 6.45) is 3.28. The molecular formula is C19H27N4O2PS. The second-order valence-electron chi connectivity index (χ2n) is 7.25. The fourth-order valence-corrected chi connectivity index (χ4v) is 5.75. The van der Waals surface area contributed by atoms with Gasteiger partial charge in [-0.15, -0.1) is 20.0 Å². The Hall–Kier alpha value is -1.59. The predicted octanol–water partition coefficient (Wildman–Crippen LogP) is 3.39. The number of hydrogen-bond acceptors (Lipinski definition) is 5. The molecule has 3 rings (SSSR count). The maximum Gasteiger partial charge on any atom is 0.332 e. The van der Waals surface area contributed by atoms with Crippen molar-refractivity contribution in [2.24, 2.45) is 30.9 Å². The SMILES string of the molecule is CCc1c[pH]c(CS/C(=N/c2c(C)c(=O)n(C)c(=O)n2C)C2CCC2C)n1. The molecule has 2 heterocycles.